The van der Waals surface area contributed by atoms with E-state index in [0.29, 0.717) is 5.56 Å². The van der Waals surface area contributed by atoms with Crippen LogP contribution < -0.4 is 5.32 Å². The molecule has 2 rings (SSSR count). The van der Waals surface area contributed by atoms with Crippen LogP contribution in [0.5, 0.6) is 0 Å². The van der Waals surface area contributed by atoms with Crippen LogP contribution in [-0.2, 0) is 4.74 Å². The molecule has 0 unspecified atom stereocenters. The molecule has 0 atom stereocenters. The van der Waals surface area contributed by atoms with E-state index >= 15 is 0 Å². The summed E-state index contributed by atoms with van der Waals surface area (Å²) in [4.78, 5) is 14.2. The first-order valence-corrected chi connectivity index (χ1v) is 6.36. The standard InChI is InChI=1S/C14H20N2O2/c1-15-12-5-3-11(4-6-12)14(17)18-13-7-9-16(2)10-8-13/h3-6,13,15H,7-10H2,1-2H3. The van der Waals surface area contributed by atoms with Crippen LogP contribution in [0.3, 0.4) is 0 Å². The largest absolute Gasteiger partial charge is 0.459 e. The molecule has 0 saturated carbocycles. The SMILES string of the molecule is CNc1ccc(C(=O)OC2CCN(C)CC2)cc1. The average Bonchev–Trinajstić information content (AvgIpc) is 2.41. The monoisotopic (exact) mass is 248 g/mol. The number of anilines is 1. The maximum Gasteiger partial charge on any atom is 0.338 e. The molecule has 18 heavy (non-hydrogen) atoms. The second-order valence-electron chi connectivity index (χ2n) is 4.74. The number of esters is 1. The van der Waals surface area contributed by atoms with Gasteiger partial charge in [0.15, 0.2) is 0 Å². The smallest absolute Gasteiger partial charge is 0.338 e. The fourth-order valence-electron chi connectivity index (χ4n) is 2.10. The predicted molar refractivity (Wildman–Crippen MR) is 71.9 cm³/mol. The molecule has 0 spiro atoms. The maximum atomic E-state index is 11.9. The lowest BCUT2D eigenvalue weighted by atomic mass is 10.1. The van der Waals surface area contributed by atoms with Crippen molar-refractivity contribution < 1.29 is 9.53 Å². The van der Waals surface area contributed by atoms with Crippen molar-refractivity contribution in [3.05, 3.63) is 29.8 Å². The highest BCUT2D eigenvalue weighted by Crippen LogP contribution is 2.15. The Bertz CT molecular complexity index is 395. The van der Waals surface area contributed by atoms with Crippen LogP contribution in [0.1, 0.15) is 23.2 Å². The zero-order valence-corrected chi connectivity index (χ0v) is 11.0. The third kappa shape index (κ3) is 3.23. The first kappa shape index (κ1) is 12.9. The molecule has 1 aromatic rings. The van der Waals surface area contributed by atoms with E-state index in [1.807, 2.05) is 19.2 Å². The molecule has 1 saturated heterocycles. The van der Waals surface area contributed by atoms with Gasteiger partial charge in [0, 0.05) is 25.8 Å². The Hall–Kier alpha value is -1.55. The van der Waals surface area contributed by atoms with E-state index in [9.17, 15) is 4.79 Å². The van der Waals surface area contributed by atoms with Crippen molar-refractivity contribution in [2.24, 2.45) is 0 Å². The Labute approximate surface area is 108 Å². The minimum atomic E-state index is -0.216. The second kappa shape index (κ2) is 5.87. The molecular formula is C14H20N2O2. The van der Waals surface area contributed by atoms with Crippen molar-refractivity contribution in [2.45, 2.75) is 18.9 Å². The van der Waals surface area contributed by atoms with Gasteiger partial charge in [0.05, 0.1) is 5.56 Å². The van der Waals surface area contributed by atoms with Crippen molar-refractivity contribution in [1.82, 2.24) is 4.90 Å². The van der Waals surface area contributed by atoms with Gasteiger partial charge in [-0.05, 0) is 44.2 Å². The Morgan fingerprint density at radius 3 is 2.44 bits per heavy atom. The number of nitrogens with one attached hydrogen (secondary N) is 1. The molecule has 1 N–H and O–H groups in total. The van der Waals surface area contributed by atoms with E-state index in [2.05, 4.69) is 17.3 Å². The number of rotatable bonds is 3. The van der Waals surface area contributed by atoms with Crippen molar-refractivity contribution >= 4 is 11.7 Å². The van der Waals surface area contributed by atoms with Crippen LogP contribution in [0.2, 0.25) is 0 Å². The first-order chi connectivity index (χ1) is 8.69. The molecule has 0 aromatic heterocycles. The number of carbonyl (C=O) groups is 1. The van der Waals surface area contributed by atoms with Crippen molar-refractivity contribution in [3.63, 3.8) is 0 Å². The molecule has 1 fully saturated rings. The lowest BCUT2D eigenvalue weighted by molar-refractivity contribution is 0.0139. The summed E-state index contributed by atoms with van der Waals surface area (Å²) in [6.07, 6.45) is 1.92. The molecule has 0 bridgehead atoms. The van der Waals surface area contributed by atoms with Gasteiger partial charge < -0.3 is 15.0 Å². The van der Waals surface area contributed by atoms with E-state index in [1.54, 1.807) is 12.1 Å². The fraction of sp³-hybridized carbons (Fsp3) is 0.500. The van der Waals surface area contributed by atoms with Crippen molar-refractivity contribution in [1.29, 1.82) is 0 Å². The molecule has 98 valence electrons. The summed E-state index contributed by atoms with van der Waals surface area (Å²) in [6, 6.07) is 7.35. The Kier molecular flexibility index (Phi) is 4.20. The van der Waals surface area contributed by atoms with Crippen LogP contribution in [-0.4, -0.2) is 44.2 Å². The predicted octanol–water partition coefficient (Wildman–Crippen LogP) is 1.98. The molecule has 1 aromatic carbocycles. The second-order valence-corrected chi connectivity index (χ2v) is 4.74. The molecule has 1 heterocycles. The molecule has 0 radical (unpaired) electrons. The van der Waals surface area contributed by atoms with Gasteiger partial charge >= 0.3 is 5.97 Å². The minimum Gasteiger partial charge on any atom is -0.459 e. The lowest BCUT2D eigenvalue weighted by Crippen LogP contribution is -2.35. The summed E-state index contributed by atoms with van der Waals surface area (Å²) >= 11 is 0. The third-order valence-electron chi connectivity index (χ3n) is 3.35. The van der Waals surface area contributed by atoms with Gasteiger partial charge in [-0.15, -0.1) is 0 Å². The van der Waals surface area contributed by atoms with Crippen molar-refractivity contribution in [3.8, 4) is 0 Å². The summed E-state index contributed by atoms with van der Waals surface area (Å²) in [5.41, 5.74) is 1.61. The summed E-state index contributed by atoms with van der Waals surface area (Å²) in [5.74, 6) is -0.216. The molecule has 0 amide bonds. The van der Waals surface area contributed by atoms with Gasteiger partial charge in [0.2, 0.25) is 0 Å². The summed E-state index contributed by atoms with van der Waals surface area (Å²) < 4.78 is 5.51. The Balaban J connectivity index is 1.90. The van der Waals surface area contributed by atoms with Gasteiger partial charge in [0.25, 0.3) is 0 Å². The number of piperidine rings is 1. The summed E-state index contributed by atoms with van der Waals surface area (Å²) in [7, 11) is 3.94. The highest BCUT2D eigenvalue weighted by Gasteiger charge is 2.20. The van der Waals surface area contributed by atoms with Gasteiger partial charge in [-0.3, -0.25) is 0 Å². The highest BCUT2D eigenvalue weighted by molar-refractivity contribution is 5.89. The minimum absolute atomic E-state index is 0.0673. The van der Waals surface area contributed by atoms with E-state index in [0.717, 1.165) is 31.6 Å². The number of likely N-dealkylation sites (tertiary alicyclic amines) is 1. The van der Waals surface area contributed by atoms with Crippen LogP contribution in [0.15, 0.2) is 24.3 Å². The van der Waals surface area contributed by atoms with Crippen molar-refractivity contribution in [2.75, 3.05) is 32.5 Å². The Morgan fingerprint density at radius 1 is 1.28 bits per heavy atom. The number of hydrogen-bond donors (Lipinski definition) is 1. The van der Waals surface area contributed by atoms with E-state index in [-0.39, 0.29) is 12.1 Å². The zero-order valence-electron chi connectivity index (χ0n) is 11.0. The van der Waals surface area contributed by atoms with Crippen LogP contribution >= 0.6 is 0 Å². The number of benzene rings is 1. The molecule has 4 nitrogen and oxygen atoms in total. The van der Waals surface area contributed by atoms with E-state index in [4.69, 9.17) is 4.74 Å². The molecule has 0 aliphatic carbocycles. The third-order valence-corrected chi connectivity index (χ3v) is 3.35. The quantitative estimate of drug-likeness (QED) is 0.830. The maximum absolute atomic E-state index is 11.9. The van der Waals surface area contributed by atoms with Gasteiger partial charge in [0.1, 0.15) is 6.10 Å². The number of nitrogens with zero attached hydrogens (tertiary/aromatic N) is 1. The number of carbonyl (C=O) groups excluding carboxylic acids is 1. The topological polar surface area (TPSA) is 41.6 Å². The van der Waals surface area contributed by atoms with Gasteiger partial charge in [-0.1, -0.05) is 0 Å². The highest BCUT2D eigenvalue weighted by atomic mass is 16.5. The molecular weight excluding hydrogens is 228 g/mol. The summed E-state index contributed by atoms with van der Waals surface area (Å²) in [5, 5.41) is 3.02. The van der Waals surface area contributed by atoms with Gasteiger partial charge in [-0.2, -0.15) is 0 Å². The van der Waals surface area contributed by atoms with Crippen LogP contribution in [0.25, 0.3) is 0 Å². The average molecular weight is 248 g/mol. The number of hydrogen-bond acceptors (Lipinski definition) is 4. The van der Waals surface area contributed by atoms with Crippen LogP contribution in [0, 0.1) is 0 Å². The summed E-state index contributed by atoms with van der Waals surface area (Å²) in [6.45, 7) is 1.99. The molecule has 4 heteroatoms. The molecule has 1 aliphatic heterocycles. The van der Waals surface area contributed by atoms with Crippen LogP contribution in [0.4, 0.5) is 5.69 Å². The molecule has 1 aliphatic rings. The van der Waals surface area contributed by atoms with E-state index in [1.165, 1.54) is 0 Å². The van der Waals surface area contributed by atoms with E-state index < -0.39 is 0 Å². The first-order valence-electron chi connectivity index (χ1n) is 6.36. The fourth-order valence-corrected chi connectivity index (χ4v) is 2.10. The van der Waals surface area contributed by atoms with Gasteiger partial charge in [-0.25, -0.2) is 4.79 Å². The zero-order chi connectivity index (χ0) is 13.0. The lowest BCUT2D eigenvalue weighted by Gasteiger charge is -2.28. The Morgan fingerprint density at radius 2 is 1.89 bits per heavy atom. The number of ether oxygens (including phenoxy) is 1. The normalized spacial score (nSPS) is 17.4.